The van der Waals surface area contributed by atoms with E-state index in [1.807, 2.05) is 24.3 Å². The van der Waals surface area contributed by atoms with Crippen LogP contribution in [0, 0.1) is 6.07 Å². The molecule has 1 rings (SSSR count). The molecule has 0 spiro atoms. The van der Waals surface area contributed by atoms with Gasteiger partial charge in [-0.15, -0.1) is 0 Å². The van der Waals surface area contributed by atoms with Gasteiger partial charge in [0.25, 0.3) is 0 Å². The molecule has 3 heteroatoms. The van der Waals surface area contributed by atoms with Crippen molar-refractivity contribution >= 4 is 0 Å². The summed E-state index contributed by atoms with van der Waals surface area (Å²) in [5.41, 5.74) is 1.26. The normalized spacial score (nSPS) is 12.7. The third-order valence-electron chi connectivity index (χ3n) is 2.06. The lowest BCUT2D eigenvalue weighted by Gasteiger charge is -2.07. The summed E-state index contributed by atoms with van der Waals surface area (Å²) < 4.78 is 5.19. The van der Waals surface area contributed by atoms with Crippen molar-refractivity contribution in [2.75, 3.05) is 19.8 Å². The zero-order valence-electron chi connectivity index (χ0n) is 8.72. The highest BCUT2D eigenvalue weighted by Gasteiger charge is 2.00. The average molecular weight is 209 g/mol. The van der Waals surface area contributed by atoms with Gasteiger partial charge in [0.15, 0.2) is 0 Å². The van der Waals surface area contributed by atoms with Crippen LogP contribution in [0.15, 0.2) is 24.3 Å². The van der Waals surface area contributed by atoms with E-state index in [0.29, 0.717) is 6.61 Å². The van der Waals surface area contributed by atoms with Crippen LogP contribution in [0.1, 0.15) is 12.0 Å². The van der Waals surface area contributed by atoms with Gasteiger partial charge in [-0.2, -0.15) is 0 Å². The fourth-order valence-electron chi connectivity index (χ4n) is 1.24. The van der Waals surface area contributed by atoms with Gasteiger partial charge in [0, 0.05) is 6.61 Å². The predicted molar refractivity (Wildman–Crippen MR) is 57.5 cm³/mol. The summed E-state index contributed by atoms with van der Waals surface area (Å²) in [4.78, 5) is 0. The van der Waals surface area contributed by atoms with E-state index in [4.69, 9.17) is 14.9 Å². The minimum Gasteiger partial charge on any atom is -0.394 e. The van der Waals surface area contributed by atoms with Gasteiger partial charge < -0.3 is 14.9 Å². The molecule has 0 fully saturated rings. The molecule has 0 aliphatic carbocycles. The summed E-state index contributed by atoms with van der Waals surface area (Å²) in [5, 5.41) is 17.5. The summed E-state index contributed by atoms with van der Waals surface area (Å²) in [5.74, 6) is 0. The maximum atomic E-state index is 9.00. The largest absolute Gasteiger partial charge is 0.394 e. The molecule has 1 atom stereocenters. The van der Waals surface area contributed by atoms with Crippen molar-refractivity contribution in [3.63, 3.8) is 0 Å². The number of aryl methyl sites for hydroxylation is 1. The monoisotopic (exact) mass is 209 g/mol. The van der Waals surface area contributed by atoms with Crippen molar-refractivity contribution in [1.82, 2.24) is 0 Å². The van der Waals surface area contributed by atoms with Crippen molar-refractivity contribution in [3.05, 3.63) is 35.9 Å². The molecule has 0 heterocycles. The molecule has 0 amide bonds. The first-order valence-electron chi connectivity index (χ1n) is 5.14. The molecule has 1 aromatic rings. The molecule has 83 valence electrons. The maximum Gasteiger partial charge on any atom is 0.100 e. The first-order valence-corrected chi connectivity index (χ1v) is 5.14. The number of rotatable bonds is 7. The Morgan fingerprint density at radius 2 is 2.07 bits per heavy atom. The quantitative estimate of drug-likeness (QED) is 0.653. The first-order chi connectivity index (χ1) is 7.33. The fourth-order valence-corrected chi connectivity index (χ4v) is 1.24. The summed E-state index contributed by atoms with van der Waals surface area (Å²) in [6.45, 7) is 0.573. The lowest BCUT2D eigenvalue weighted by molar-refractivity contribution is 0.00575. The van der Waals surface area contributed by atoms with E-state index in [0.717, 1.165) is 12.8 Å². The Bertz CT molecular complexity index is 248. The van der Waals surface area contributed by atoms with Crippen LogP contribution in [0.3, 0.4) is 0 Å². The lowest BCUT2D eigenvalue weighted by Crippen LogP contribution is -2.19. The summed E-state index contributed by atoms with van der Waals surface area (Å²) >= 11 is 0. The van der Waals surface area contributed by atoms with Crippen molar-refractivity contribution in [2.45, 2.75) is 18.9 Å². The second-order valence-corrected chi connectivity index (χ2v) is 3.42. The van der Waals surface area contributed by atoms with Gasteiger partial charge in [-0.3, -0.25) is 0 Å². The number of aliphatic hydroxyl groups is 2. The van der Waals surface area contributed by atoms with Crippen LogP contribution in [-0.2, 0) is 11.2 Å². The minimum atomic E-state index is -0.753. The number of aliphatic hydroxyl groups excluding tert-OH is 2. The topological polar surface area (TPSA) is 49.7 Å². The third kappa shape index (κ3) is 5.52. The zero-order valence-corrected chi connectivity index (χ0v) is 8.72. The molecule has 0 aliphatic rings. The molecule has 15 heavy (non-hydrogen) atoms. The Labute approximate surface area is 90.3 Å². The van der Waals surface area contributed by atoms with Crippen LogP contribution >= 0.6 is 0 Å². The molecule has 0 aliphatic heterocycles. The van der Waals surface area contributed by atoms with Gasteiger partial charge in [0.2, 0.25) is 0 Å². The molecule has 0 saturated heterocycles. The smallest absolute Gasteiger partial charge is 0.100 e. The average Bonchev–Trinajstić information content (AvgIpc) is 2.29. The molecular formula is C12H17O3. The highest BCUT2D eigenvalue weighted by atomic mass is 16.5. The van der Waals surface area contributed by atoms with Gasteiger partial charge in [0.05, 0.1) is 13.2 Å². The number of hydrogen-bond acceptors (Lipinski definition) is 3. The molecule has 1 unspecified atom stereocenters. The van der Waals surface area contributed by atoms with Crippen molar-refractivity contribution in [1.29, 1.82) is 0 Å². The van der Waals surface area contributed by atoms with Crippen molar-refractivity contribution in [2.24, 2.45) is 0 Å². The van der Waals surface area contributed by atoms with Crippen LogP contribution in [0.4, 0.5) is 0 Å². The molecule has 1 radical (unpaired) electrons. The van der Waals surface area contributed by atoms with Crippen LogP contribution in [0.25, 0.3) is 0 Å². The van der Waals surface area contributed by atoms with Crippen LogP contribution in [0.2, 0.25) is 0 Å². The van der Waals surface area contributed by atoms with E-state index in [1.54, 1.807) is 0 Å². The number of hydrogen-bond donors (Lipinski definition) is 2. The van der Waals surface area contributed by atoms with E-state index in [2.05, 4.69) is 6.07 Å². The Hall–Kier alpha value is -0.900. The van der Waals surface area contributed by atoms with Gasteiger partial charge in [-0.1, -0.05) is 24.3 Å². The molecule has 1 aromatic carbocycles. The molecule has 3 nitrogen and oxygen atoms in total. The molecule has 0 bridgehead atoms. The van der Waals surface area contributed by atoms with Gasteiger partial charge in [-0.05, 0) is 24.5 Å². The Kier molecular flexibility index (Phi) is 6.00. The van der Waals surface area contributed by atoms with E-state index >= 15 is 0 Å². The molecule has 2 N–H and O–H groups in total. The van der Waals surface area contributed by atoms with Gasteiger partial charge in [-0.25, -0.2) is 0 Å². The minimum absolute atomic E-state index is 0.207. The standard InChI is InChI=1S/C12H17O3/c13-9-12(14)10-15-8-4-7-11-5-2-1-3-6-11/h2-3,5-6,12-14H,4,7-10H2. The highest BCUT2D eigenvalue weighted by Crippen LogP contribution is 2.02. The Balaban J connectivity index is 2.03. The Morgan fingerprint density at radius 3 is 2.73 bits per heavy atom. The third-order valence-corrected chi connectivity index (χ3v) is 2.06. The van der Waals surface area contributed by atoms with E-state index in [-0.39, 0.29) is 13.2 Å². The summed E-state index contributed by atoms with van der Waals surface area (Å²) in [6, 6.07) is 10.8. The van der Waals surface area contributed by atoms with E-state index in [9.17, 15) is 0 Å². The van der Waals surface area contributed by atoms with Gasteiger partial charge >= 0.3 is 0 Å². The number of ether oxygens (including phenoxy) is 1. The number of benzene rings is 1. The molecular weight excluding hydrogens is 192 g/mol. The lowest BCUT2D eigenvalue weighted by atomic mass is 10.1. The first kappa shape index (κ1) is 12.2. The summed E-state index contributed by atoms with van der Waals surface area (Å²) in [6.07, 6.45) is 1.13. The predicted octanol–water partition coefficient (Wildman–Crippen LogP) is 0.789. The highest BCUT2D eigenvalue weighted by molar-refractivity contribution is 5.13. The summed E-state index contributed by atoms with van der Waals surface area (Å²) in [7, 11) is 0. The zero-order chi connectivity index (χ0) is 10.9. The molecule has 0 saturated carbocycles. The fraction of sp³-hybridized carbons (Fsp3) is 0.500. The van der Waals surface area contributed by atoms with Crippen molar-refractivity contribution < 1.29 is 14.9 Å². The van der Waals surface area contributed by atoms with Gasteiger partial charge in [0.1, 0.15) is 6.10 Å². The van der Waals surface area contributed by atoms with Crippen LogP contribution < -0.4 is 0 Å². The second-order valence-electron chi connectivity index (χ2n) is 3.42. The van der Waals surface area contributed by atoms with Crippen molar-refractivity contribution in [3.8, 4) is 0 Å². The van der Waals surface area contributed by atoms with E-state index in [1.165, 1.54) is 5.56 Å². The van der Waals surface area contributed by atoms with Crippen LogP contribution in [-0.4, -0.2) is 36.1 Å². The molecule has 0 aromatic heterocycles. The maximum absolute atomic E-state index is 9.00. The second kappa shape index (κ2) is 7.40. The Morgan fingerprint density at radius 1 is 1.33 bits per heavy atom. The van der Waals surface area contributed by atoms with E-state index < -0.39 is 6.10 Å². The van der Waals surface area contributed by atoms with Crippen LogP contribution in [0.5, 0.6) is 0 Å². The SMILES string of the molecule is OCC(O)COCCCc1cc[c]cc1.